The summed E-state index contributed by atoms with van der Waals surface area (Å²) in [6.45, 7) is 8.67. The second-order valence-corrected chi connectivity index (χ2v) is 8.28. The Morgan fingerprint density at radius 2 is 1.59 bits per heavy atom. The minimum atomic E-state index is -0.142. The fourth-order valence-electron chi connectivity index (χ4n) is 3.98. The van der Waals surface area contributed by atoms with Gasteiger partial charge in [-0.25, -0.2) is 4.68 Å². The van der Waals surface area contributed by atoms with Crippen molar-refractivity contribution >= 4 is 17.5 Å². The van der Waals surface area contributed by atoms with Crippen LogP contribution in [-0.4, -0.2) is 25.5 Å². The lowest BCUT2D eigenvalue weighted by Crippen LogP contribution is -2.24. The molecule has 1 N–H and O–H groups in total. The standard InChI is InChI=1S/C25H26ClN5O/c1-16-22(18(3)31(29-16)21-11-6-5-7-12-21)14-27-25(32)24-17(2)28-30(19(24)4)15-20-10-8-9-13-23(20)26/h5-13H,14-15H2,1-4H3,(H,27,32). The van der Waals surface area contributed by atoms with Crippen molar-refractivity contribution in [3.05, 3.63) is 99.1 Å². The number of aromatic nitrogens is 4. The number of halogens is 1. The third-order valence-electron chi connectivity index (χ3n) is 5.75. The smallest absolute Gasteiger partial charge is 0.255 e. The Hall–Kier alpha value is -3.38. The summed E-state index contributed by atoms with van der Waals surface area (Å²) in [4.78, 5) is 13.1. The lowest BCUT2D eigenvalue weighted by molar-refractivity contribution is 0.0949. The van der Waals surface area contributed by atoms with E-state index in [4.69, 9.17) is 11.6 Å². The van der Waals surface area contributed by atoms with E-state index < -0.39 is 0 Å². The van der Waals surface area contributed by atoms with Crippen molar-refractivity contribution in [3.8, 4) is 5.69 Å². The second kappa shape index (κ2) is 9.01. The van der Waals surface area contributed by atoms with E-state index in [9.17, 15) is 4.79 Å². The van der Waals surface area contributed by atoms with Crippen LogP contribution in [0.25, 0.3) is 5.69 Å². The van der Waals surface area contributed by atoms with Gasteiger partial charge in [-0.15, -0.1) is 0 Å². The van der Waals surface area contributed by atoms with Crippen molar-refractivity contribution in [1.29, 1.82) is 0 Å². The topological polar surface area (TPSA) is 64.7 Å². The molecule has 0 radical (unpaired) electrons. The Kier molecular flexibility index (Phi) is 6.15. The zero-order chi connectivity index (χ0) is 22.8. The average molecular weight is 448 g/mol. The fraction of sp³-hybridized carbons (Fsp3) is 0.240. The summed E-state index contributed by atoms with van der Waals surface area (Å²) in [6, 6.07) is 17.6. The van der Waals surface area contributed by atoms with E-state index in [0.717, 1.165) is 33.9 Å². The first kappa shape index (κ1) is 21.8. The minimum absolute atomic E-state index is 0.142. The molecule has 32 heavy (non-hydrogen) atoms. The summed E-state index contributed by atoms with van der Waals surface area (Å²) in [6.07, 6.45) is 0. The van der Waals surface area contributed by atoms with Gasteiger partial charge >= 0.3 is 0 Å². The highest BCUT2D eigenvalue weighted by Gasteiger charge is 2.20. The maximum absolute atomic E-state index is 13.1. The maximum Gasteiger partial charge on any atom is 0.255 e. The number of carbonyl (C=O) groups is 1. The predicted octanol–water partition coefficient (Wildman–Crippen LogP) is 4.93. The molecule has 0 bridgehead atoms. The summed E-state index contributed by atoms with van der Waals surface area (Å²) < 4.78 is 3.74. The molecule has 164 valence electrons. The minimum Gasteiger partial charge on any atom is -0.348 e. The quantitative estimate of drug-likeness (QED) is 0.455. The van der Waals surface area contributed by atoms with Gasteiger partial charge in [-0.1, -0.05) is 48.0 Å². The number of nitrogens with one attached hydrogen (secondary N) is 1. The van der Waals surface area contributed by atoms with Gasteiger partial charge in [0.2, 0.25) is 0 Å². The third kappa shape index (κ3) is 4.18. The molecule has 0 aliphatic carbocycles. The monoisotopic (exact) mass is 447 g/mol. The van der Waals surface area contributed by atoms with Gasteiger partial charge in [0.1, 0.15) is 0 Å². The first-order valence-corrected chi connectivity index (χ1v) is 10.9. The van der Waals surface area contributed by atoms with E-state index in [-0.39, 0.29) is 5.91 Å². The molecule has 2 aromatic heterocycles. The van der Waals surface area contributed by atoms with Gasteiger partial charge in [-0.3, -0.25) is 9.48 Å². The maximum atomic E-state index is 13.1. The number of nitrogens with zero attached hydrogens (tertiary/aromatic N) is 4. The molecule has 0 aliphatic heterocycles. The molecule has 0 atom stereocenters. The molecular weight excluding hydrogens is 422 g/mol. The number of rotatable bonds is 6. The van der Waals surface area contributed by atoms with Gasteiger partial charge in [0.25, 0.3) is 5.91 Å². The molecule has 7 heteroatoms. The van der Waals surface area contributed by atoms with Crippen LogP contribution in [0.2, 0.25) is 5.02 Å². The van der Waals surface area contributed by atoms with E-state index in [1.807, 2.05) is 91.7 Å². The van der Waals surface area contributed by atoms with Gasteiger partial charge in [-0.2, -0.15) is 10.2 Å². The predicted molar refractivity (Wildman–Crippen MR) is 126 cm³/mol. The van der Waals surface area contributed by atoms with Crippen LogP contribution in [-0.2, 0) is 13.1 Å². The summed E-state index contributed by atoms with van der Waals surface area (Å²) in [7, 11) is 0. The lowest BCUT2D eigenvalue weighted by atomic mass is 10.1. The van der Waals surface area contributed by atoms with Gasteiger partial charge < -0.3 is 5.32 Å². The lowest BCUT2D eigenvalue weighted by Gasteiger charge is -2.09. The van der Waals surface area contributed by atoms with E-state index in [2.05, 4.69) is 15.5 Å². The van der Waals surface area contributed by atoms with Crippen molar-refractivity contribution in [2.75, 3.05) is 0 Å². The number of aryl methyl sites for hydroxylation is 2. The molecule has 0 spiro atoms. The molecule has 0 saturated carbocycles. The molecule has 1 amide bonds. The normalized spacial score (nSPS) is 11.0. The van der Waals surface area contributed by atoms with Gasteiger partial charge in [0, 0.05) is 28.5 Å². The van der Waals surface area contributed by atoms with E-state index in [0.29, 0.717) is 29.4 Å². The van der Waals surface area contributed by atoms with Gasteiger partial charge in [-0.05, 0) is 51.5 Å². The van der Waals surface area contributed by atoms with Crippen molar-refractivity contribution in [1.82, 2.24) is 24.9 Å². The number of hydrogen-bond donors (Lipinski definition) is 1. The van der Waals surface area contributed by atoms with Gasteiger partial charge in [0.15, 0.2) is 0 Å². The highest BCUT2D eigenvalue weighted by atomic mass is 35.5. The number of benzene rings is 2. The summed E-state index contributed by atoms with van der Waals surface area (Å²) >= 11 is 6.30. The number of carbonyl (C=O) groups excluding carboxylic acids is 1. The Morgan fingerprint density at radius 3 is 2.31 bits per heavy atom. The van der Waals surface area contributed by atoms with E-state index in [1.165, 1.54) is 0 Å². The summed E-state index contributed by atoms with van der Waals surface area (Å²) in [5.74, 6) is -0.142. The number of amides is 1. The van der Waals surface area contributed by atoms with E-state index >= 15 is 0 Å². The van der Waals surface area contributed by atoms with Crippen molar-refractivity contribution in [2.45, 2.75) is 40.8 Å². The Bertz CT molecular complexity index is 1270. The summed E-state index contributed by atoms with van der Waals surface area (Å²) in [5, 5.41) is 13.0. The highest BCUT2D eigenvalue weighted by molar-refractivity contribution is 6.31. The van der Waals surface area contributed by atoms with Crippen LogP contribution in [0, 0.1) is 27.7 Å². The second-order valence-electron chi connectivity index (χ2n) is 7.87. The largest absolute Gasteiger partial charge is 0.348 e. The molecule has 2 heterocycles. The Labute approximate surface area is 192 Å². The van der Waals surface area contributed by atoms with E-state index in [1.54, 1.807) is 0 Å². The van der Waals surface area contributed by atoms with Gasteiger partial charge in [0.05, 0.1) is 29.2 Å². The molecular formula is C25H26ClN5O. The van der Waals surface area contributed by atoms with Crippen LogP contribution in [0.1, 0.15) is 44.3 Å². The average Bonchev–Trinajstić information content (AvgIpc) is 3.22. The van der Waals surface area contributed by atoms with Crippen LogP contribution < -0.4 is 5.32 Å². The molecule has 0 unspecified atom stereocenters. The van der Waals surface area contributed by atoms with Crippen molar-refractivity contribution in [2.24, 2.45) is 0 Å². The van der Waals surface area contributed by atoms with Crippen LogP contribution in [0.4, 0.5) is 0 Å². The fourth-order valence-corrected chi connectivity index (χ4v) is 4.17. The first-order valence-electron chi connectivity index (χ1n) is 10.5. The molecule has 4 rings (SSSR count). The van der Waals surface area contributed by atoms with Crippen LogP contribution in [0.15, 0.2) is 54.6 Å². The van der Waals surface area contributed by atoms with Crippen molar-refractivity contribution in [3.63, 3.8) is 0 Å². The number of para-hydroxylation sites is 1. The molecule has 4 aromatic rings. The number of hydrogen-bond acceptors (Lipinski definition) is 3. The summed E-state index contributed by atoms with van der Waals surface area (Å²) in [5.41, 5.74) is 6.99. The van der Waals surface area contributed by atoms with Crippen LogP contribution >= 0.6 is 11.6 Å². The van der Waals surface area contributed by atoms with Crippen molar-refractivity contribution < 1.29 is 4.79 Å². The highest BCUT2D eigenvalue weighted by Crippen LogP contribution is 2.21. The first-order chi connectivity index (χ1) is 15.4. The Balaban J connectivity index is 1.53. The molecule has 6 nitrogen and oxygen atoms in total. The molecule has 0 aliphatic rings. The zero-order valence-electron chi connectivity index (χ0n) is 18.7. The van der Waals surface area contributed by atoms with Crippen LogP contribution in [0.3, 0.4) is 0 Å². The Morgan fingerprint density at radius 1 is 0.906 bits per heavy atom. The zero-order valence-corrected chi connectivity index (χ0v) is 19.4. The van der Waals surface area contributed by atoms with Crippen LogP contribution in [0.5, 0.6) is 0 Å². The third-order valence-corrected chi connectivity index (χ3v) is 6.12. The molecule has 0 saturated heterocycles. The SMILES string of the molecule is Cc1nn(-c2ccccc2)c(C)c1CNC(=O)c1c(C)nn(Cc2ccccc2Cl)c1C. The molecule has 2 aromatic carbocycles. The molecule has 0 fully saturated rings.